The number of carbonyl (C=O) groups is 1. The molecule has 0 rings (SSSR count). The van der Waals surface area contributed by atoms with Crippen LogP contribution in [0.3, 0.4) is 0 Å². The highest BCUT2D eigenvalue weighted by molar-refractivity contribution is 9.25. The van der Waals surface area contributed by atoms with Crippen molar-refractivity contribution in [3.8, 4) is 0 Å². The minimum atomic E-state index is -0.263. The Bertz CT molecular complexity index is 258. The maximum absolute atomic E-state index is 11.1. The van der Waals surface area contributed by atoms with E-state index < -0.39 is 0 Å². The molecule has 0 heterocycles. The standard InChI is InChI=1S/C14H26Br2O2Si/c1-12(2)13(17)18-10-8-6-4-3-5-7-9-11-19-14(15)16/h14H,1,3-11,19H2,2H3. The van der Waals surface area contributed by atoms with Gasteiger partial charge in [-0.25, -0.2) is 4.79 Å². The second-order valence-corrected chi connectivity index (χ2v) is 12.9. The smallest absolute Gasteiger partial charge is 0.333 e. The molecule has 5 heteroatoms. The lowest BCUT2D eigenvalue weighted by Crippen LogP contribution is -2.05. The van der Waals surface area contributed by atoms with Crippen molar-refractivity contribution in [3.05, 3.63) is 12.2 Å². The zero-order chi connectivity index (χ0) is 14.5. The summed E-state index contributed by atoms with van der Waals surface area (Å²) in [7, 11) is 0.0584. The minimum absolute atomic E-state index is 0.0584. The summed E-state index contributed by atoms with van der Waals surface area (Å²) in [6.45, 7) is 5.77. The molecule has 0 amide bonds. The molecule has 0 atom stereocenters. The van der Waals surface area contributed by atoms with E-state index in [2.05, 4.69) is 38.4 Å². The van der Waals surface area contributed by atoms with Crippen LogP contribution < -0.4 is 0 Å². The summed E-state index contributed by atoms with van der Waals surface area (Å²) < 4.78 is 5.66. The summed E-state index contributed by atoms with van der Waals surface area (Å²) in [5.41, 5.74) is 0.484. The van der Waals surface area contributed by atoms with Crippen LogP contribution >= 0.6 is 31.9 Å². The van der Waals surface area contributed by atoms with Crippen LogP contribution in [-0.2, 0) is 9.53 Å². The molecule has 0 radical (unpaired) electrons. The third-order valence-corrected chi connectivity index (χ3v) is 6.99. The Kier molecular flexibility index (Phi) is 13.6. The summed E-state index contributed by atoms with van der Waals surface area (Å²) in [6.07, 6.45) is 8.78. The highest BCUT2D eigenvalue weighted by Gasteiger charge is 2.02. The van der Waals surface area contributed by atoms with E-state index in [9.17, 15) is 4.79 Å². The van der Waals surface area contributed by atoms with E-state index in [-0.39, 0.29) is 15.5 Å². The molecular formula is C14H26Br2O2Si. The summed E-state index contributed by atoms with van der Waals surface area (Å²) in [5.74, 6) is -0.263. The topological polar surface area (TPSA) is 26.3 Å². The van der Waals surface area contributed by atoms with Crippen molar-refractivity contribution in [2.24, 2.45) is 0 Å². The number of carbonyl (C=O) groups excluding carboxylic acids is 1. The number of rotatable bonds is 12. The lowest BCUT2D eigenvalue weighted by molar-refractivity contribution is -0.139. The Labute approximate surface area is 136 Å². The van der Waals surface area contributed by atoms with Crippen molar-refractivity contribution in [2.75, 3.05) is 6.61 Å². The second kappa shape index (κ2) is 13.4. The molecular weight excluding hydrogens is 388 g/mol. The van der Waals surface area contributed by atoms with Crippen molar-refractivity contribution in [3.63, 3.8) is 0 Å². The van der Waals surface area contributed by atoms with Gasteiger partial charge in [-0.2, -0.15) is 0 Å². The quantitative estimate of drug-likeness (QED) is 0.155. The average molecular weight is 414 g/mol. The van der Waals surface area contributed by atoms with Gasteiger partial charge in [0.25, 0.3) is 0 Å². The summed E-state index contributed by atoms with van der Waals surface area (Å²) >= 11 is 7.10. The number of hydrogen-bond donors (Lipinski definition) is 0. The van der Waals surface area contributed by atoms with Crippen LogP contribution in [0.2, 0.25) is 6.04 Å². The first kappa shape index (κ1) is 19.4. The van der Waals surface area contributed by atoms with Crippen LogP contribution in [-0.4, -0.2) is 25.5 Å². The predicted octanol–water partition coefficient (Wildman–Crippen LogP) is 4.50. The van der Waals surface area contributed by atoms with Gasteiger partial charge >= 0.3 is 5.97 Å². The number of ether oxygens (including phenoxy) is 1. The summed E-state index contributed by atoms with van der Waals surface area (Å²) in [6, 6.07) is 1.43. The number of unbranched alkanes of at least 4 members (excludes halogenated alkanes) is 6. The average Bonchev–Trinajstić information content (AvgIpc) is 2.35. The number of halogens is 2. The fourth-order valence-electron chi connectivity index (χ4n) is 1.75. The van der Waals surface area contributed by atoms with Gasteiger partial charge in [-0.15, -0.1) is 0 Å². The van der Waals surface area contributed by atoms with Crippen LogP contribution in [0.1, 0.15) is 51.9 Å². The van der Waals surface area contributed by atoms with E-state index in [1.165, 1.54) is 38.1 Å². The van der Waals surface area contributed by atoms with Crippen LogP contribution in [0.25, 0.3) is 0 Å². The maximum Gasteiger partial charge on any atom is 0.333 e. The first-order chi connectivity index (χ1) is 9.04. The maximum atomic E-state index is 11.1. The van der Waals surface area contributed by atoms with Crippen molar-refractivity contribution in [1.82, 2.24) is 0 Å². The zero-order valence-electron chi connectivity index (χ0n) is 11.9. The van der Waals surface area contributed by atoms with E-state index in [0.29, 0.717) is 15.5 Å². The first-order valence-electron chi connectivity index (χ1n) is 7.15. The van der Waals surface area contributed by atoms with Crippen LogP contribution in [0.15, 0.2) is 12.2 Å². The second-order valence-electron chi connectivity index (χ2n) is 4.92. The van der Waals surface area contributed by atoms with Gasteiger partial charge in [-0.3, -0.25) is 0 Å². The molecule has 0 aliphatic rings. The van der Waals surface area contributed by atoms with Crippen LogP contribution in [0, 0.1) is 0 Å². The lowest BCUT2D eigenvalue weighted by atomic mass is 10.1. The van der Waals surface area contributed by atoms with Gasteiger partial charge in [0, 0.05) is 15.1 Å². The molecule has 0 fully saturated rings. The zero-order valence-corrected chi connectivity index (χ0v) is 16.5. The Morgan fingerprint density at radius 1 is 1.11 bits per heavy atom. The SMILES string of the molecule is C=C(C)C(=O)OCCCCCCCCC[SiH2]C(Br)Br. The van der Waals surface area contributed by atoms with Crippen LogP contribution in [0.4, 0.5) is 0 Å². The monoisotopic (exact) mass is 412 g/mol. The van der Waals surface area contributed by atoms with Gasteiger partial charge in [-0.05, 0) is 13.3 Å². The highest BCUT2D eigenvalue weighted by Crippen LogP contribution is 2.12. The minimum Gasteiger partial charge on any atom is -0.462 e. The number of alkyl halides is 2. The summed E-state index contributed by atoms with van der Waals surface area (Å²) in [4.78, 5) is 11.1. The fourth-order valence-corrected chi connectivity index (χ4v) is 4.64. The molecule has 0 saturated carbocycles. The largest absolute Gasteiger partial charge is 0.462 e. The molecule has 2 nitrogen and oxygen atoms in total. The van der Waals surface area contributed by atoms with Gasteiger partial charge in [-0.1, -0.05) is 83.0 Å². The van der Waals surface area contributed by atoms with E-state index in [1.54, 1.807) is 6.92 Å². The lowest BCUT2D eigenvalue weighted by Gasteiger charge is -2.04. The summed E-state index contributed by atoms with van der Waals surface area (Å²) in [5, 5.41) is 0. The first-order valence-corrected chi connectivity index (χ1v) is 10.8. The normalized spacial score (nSPS) is 11.4. The predicted molar refractivity (Wildman–Crippen MR) is 93.1 cm³/mol. The molecule has 0 aliphatic heterocycles. The fraction of sp³-hybridized carbons (Fsp3) is 0.786. The highest BCUT2D eigenvalue weighted by atomic mass is 79.9. The van der Waals surface area contributed by atoms with E-state index in [1.807, 2.05) is 0 Å². The van der Waals surface area contributed by atoms with Gasteiger partial charge in [0.1, 0.15) is 0 Å². The number of esters is 1. The molecule has 0 aromatic carbocycles. The Hall–Kier alpha value is 0.387. The van der Waals surface area contributed by atoms with E-state index >= 15 is 0 Å². The van der Waals surface area contributed by atoms with Crippen molar-refractivity contribution < 1.29 is 9.53 Å². The third kappa shape index (κ3) is 14.6. The van der Waals surface area contributed by atoms with Crippen LogP contribution in [0.5, 0.6) is 0 Å². The number of hydrogen-bond acceptors (Lipinski definition) is 2. The van der Waals surface area contributed by atoms with E-state index in [0.717, 1.165) is 12.8 Å². The van der Waals surface area contributed by atoms with Gasteiger partial charge in [0.05, 0.1) is 9.97 Å². The van der Waals surface area contributed by atoms with Crippen molar-refractivity contribution in [1.29, 1.82) is 0 Å². The molecule has 112 valence electrons. The molecule has 0 spiro atoms. The molecule has 0 aromatic heterocycles. The third-order valence-electron chi connectivity index (χ3n) is 2.90. The molecule has 0 bridgehead atoms. The molecule has 0 N–H and O–H groups in total. The van der Waals surface area contributed by atoms with Gasteiger partial charge in [0.2, 0.25) is 0 Å². The van der Waals surface area contributed by atoms with Crippen molar-refractivity contribution in [2.45, 2.75) is 61.3 Å². The Balaban J connectivity index is 3.11. The van der Waals surface area contributed by atoms with Gasteiger partial charge in [0.15, 0.2) is 0 Å². The molecule has 19 heavy (non-hydrogen) atoms. The van der Waals surface area contributed by atoms with Gasteiger partial charge < -0.3 is 4.74 Å². The Morgan fingerprint density at radius 3 is 2.16 bits per heavy atom. The molecule has 0 aliphatic carbocycles. The van der Waals surface area contributed by atoms with E-state index in [4.69, 9.17) is 4.74 Å². The molecule has 0 saturated heterocycles. The molecule has 0 aromatic rings. The Morgan fingerprint density at radius 2 is 1.63 bits per heavy atom. The van der Waals surface area contributed by atoms with Crippen molar-refractivity contribution >= 4 is 47.3 Å². The molecule has 0 unspecified atom stereocenters.